The first-order chi connectivity index (χ1) is 15.3. The molecule has 9 heteroatoms. The summed E-state index contributed by atoms with van der Waals surface area (Å²) in [5, 5.41) is 0. The van der Waals surface area contributed by atoms with Crippen LogP contribution in [0.2, 0.25) is 0 Å². The van der Waals surface area contributed by atoms with Gasteiger partial charge in [0.25, 0.3) is 11.5 Å². The fourth-order valence-corrected chi connectivity index (χ4v) is 4.82. The Hall–Kier alpha value is -3.49. The topological polar surface area (TPSA) is 64.7 Å². The van der Waals surface area contributed by atoms with E-state index in [1.165, 1.54) is 24.5 Å². The molecule has 4 heterocycles. The third-order valence-corrected chi connectivity index (χ3v) is 6.01. The number of carbonyl (C=O) groups excluding carboxylic acids is 1. The van der Waals surface area contributed by atoms with E-state index < -0.39 is 6.36 Å². The third-order valence-electron chi connectivity index (χ3n) is 6.01. The number of furan rings is 1. The maximum Gasteiger partial charge on any atom is 0.573 e. The van der Waals surface area contributed by atoms with E-state index in [9.17, 15) is 22.8 Å². The number of halogens is 3. The Bertz CT molecular complexity index is 1200. The van der Waals surface area contributed by atoms with Crippen LogP contribution in [-0.4, -0.2) is 34.8 Å². The number of aromatic nitrogens is 1. The SMILES string of the molecule is O=C(c1ccco1)N1CC2CC(C1)c1c(-c3ccc(OC(F)(F)F)cc3)ccc(=O)n1C2. The second-order valence-corrected chi connectivity index (χ2v) is 8.14. The summed E-state index contributed by atoms with van der Waals surface area (Å²) in [6, 6.07) is 12.1. The number of nitrogens with zero attached hydrogens (tertiary/aromatic N) is 2. The monoisotopic (exact) mass is 444 g/mol. The summed E-state index contributed by atoms with van der Waals surface area (Å²) < 4.78 is 48.4. The minimum atomic E-state index is -4.76. The number of fused-ring (bicyclic) bond motifs is 4. The maximum absolute atomic E-state index is 12.8. The quantitative estimate of drug-likeness (QED) is 0.606. The zero-order valence-electron chi connectivity index (χ0n) is 16.8. The highest BCUT2D eigenvalue weighted by molar-refractivity contribution is 5.91. The molecule has 0 radical (unpaired) electrons. The molecule has 3 aromatic rings. The summed E-state index contributed by atoms with van der Waals surface area (Å²) in [4.78, 5) is 27.2. The molecule has 5 rings (SSSR count). The Labute approximate surface area is 180 Å². The third kappa shape index (κ3) is 3.79. The van der Waals surface area contributed by atoms with E-state index in [-0.39, 0.29) is 34.8 Å². The fraction of sp³-hybridized carbons (Fsp3) is 0.304. The summed E-state index contributed by atoms with van der Waals surface area (Å²) in [6.45, 7) is 1.45. The van der Waals surface area contributed by atoms with Gasteiger partial charge in [-0.05, 0) is 48.2 Å². The number of hydrogen-bond acceptors (Lipinski definition) is 4. The van der Waals surface area contributed by atoms with E-state index in [0.717, 1.165) is 17.7 Å². The molecule has 2 aliphatic heterocycles. The molecule has 2 unspecified atom stereocenters. The molecule has 1 amide bonds. The second kappa shape index (κ2) is 7.58. The number of likely N-dealkylation sites (tertiary alicyclic amines) is 1. The summed E-state index contributed by atoms with van der Waals surface area (Å²) in [5.41, 5.74) is 2.12. The minimum Gasteiger partial charge on any atom is -0.459 e. The summed E-state index contributed by atoms with van der Waals surface area (Å²) in [6.07, 6.45) is -2.48. The van der Waals surface area contributed by atoms with Gasteiger partial charge >= 0.3 is 6.36 Å². The lowest BCUT2D eigenvalue weighted by atomic mass is 9.80. The van der Waals surface area contributed by atoms with E-state index in [2.05, 4.69) is 4.74 Å². The van der Waals surface area contributed by atoms with Gasteiger partial charge < -0.3 is 18.6 Å². The highest BCUT2D eigenvalue weighted by Crippen LogP contribution is 2.40. The molecule has 2 aliphatic rings. The lowest BCUT2D eigenvalue weighted by Gasteiger charge is -2.43. The van der Waals surface area contributed by atoms with Crippen molar-refractivity contribution in [2.75, 3.05) is 13.1 Å². The molecule has 0 aliphatic carbocycles. The molecule has 0 spiro atoms. The molecule has 32 heavy (non-hydrogen) atoms. The van der Waals surface area contributed by atoms with Crippen molar-refractivity contribution >= 4 is 5.91 Å². The number of alkyl halides is 3. The first-order valence-corrected chi connectivity index (χ1v) is 10.2. The average Bonchev–Trinajstić information content (AvgIpc) is 3.28. The van der Waals surface area contributed by atoms with Crippen molar-refractivity contribution in [3.8, 4) is 16.9 Å². The van der Waals surface area contributed by atoms with Crippen LogP contribution in [0.1, 0.15) is 28.6 Å². The number of piperidine rings is 1. The Morgan fingerprint density at radius 3 is 2.50 bits per heavy atom. The Balaban J connectivity index is 1.49. The first kappa shape index (κ1) is 20.4. The predicted molar refractivity (Wildman–Crippen MR) is 108 cm³/mol. The van der Waals surface area contributed by atoms with E-state index in [0.29, 0.717) is 25.2 Å². The van der Waals surface area contributed by atoms with Gasteiger partial charge in [0, 0.05) is 42.9 Å². The van der Waals surface area contributed by atoms with Crippen LogP contribution in [0.3, 0.4) is 0 Å². The summed E-state index contributed by atoms with van der Waals surface area (Å²) in [7, 11) is 0. The van der Waals surface area contributed by atoms with Crippen LogP contribution < -0.4 is 10.3 Å². The Kier molecular flexibility index (Phi) is 4.83. The van der Waals surface area contributed by atoms with E-state index >= 15 is 0 Å². The van der Waals surface area contributed by atoms with Gasteiger partial charge in [-0.1, -0.05) is 12.1 Å². The highest BCUT2D eigenvalue weighted by Gasteiger charge is 2.38. The number of rotatable bonds is 3. The number of benzene rings is 1. The zero-order valence-corrected chi connectivity index (χ0v) is 16.8. The van der Waals surface area contributed by atoms with Crippen molar-refractivity contribution in [1.82, 2.24) is 9.47 Å². The van der Waals surface area contributed by atoms with Gasteiger partial charge in [0.05, 0.1) is 6.26 Å². The first-order valence-electron chi connectivity index (χ1n) is 10.2. The number of amides is 1. The number of pyridine rings is 1. The second-order valence-electron chi connectivity index (χ2n) is 8.14. The van der Waals surface area contributed by atoms with Gasteiger partial charge in [-0.25, -0.2) is 0 Å². The molecule has 2 bridgehead atoms. The molecule has 2 aromatic heterocycles. The highest BCUT2D eigenvalue weighted by atomic mass is 19.4. The van der Waals surface area contributed by atoms with Gasteiger partial charge in [0.1, 0.15) is 5.75 Å². The molecule has 1 aromatic carbocycles. The lowest BCUT2D eigenvalue weighted by Crippen LogP contribution is -2.49. The van der Waals surface area contributed by atoms with Crippen molar-refractivity contribution < 1.29 is 27.1 Å². The van der Waals surface area contributed by atoms with Crippen molar-refractivity contribution in [3.63, 3.8) is 0 Å². The minimum absolute atomic E-state index is 0.0728. The molecule has 166 valence electrons. The summed E-state index contributed by atoms with van der Waals surface area (Å²) >= 11 is 0. The Morgan fingerprint density at radius 2 is 1.81 bits per heavy atom. The molecule has 2 atom stereocenters. The molecule has 0 N–H and O–H groups in total. The largest absolute Gasteiger partial charge is 0.573 e. The molecular formula is C23H19F3N2O4. The van der Waals surface area contributed by atoms with Crippen LogP contribution in [0, 0.1) is 5.92 Å². The molecule has 1 fully saturated rings. The van der Waals surface area contributed by atoms with E-state index in [4.69, 9.17) is 4.42 Å². The summed E-state index contributed by atoms with van der Waals surface area (Å²) in [5.74, 6) is -0.161. The van der Waals surface area contributed by atoms with Crippen LogP contribution in [0.15, 0.2) is 64.0 Å². The normalized spacial score (nSPS) is 20.0. The van der Waals surface area contributed by atoms with Crippen LogP contribution in [0.25, 0.3) is 11.1 Å². The average molecular weight is 444 g/mol. The van der Waals surface area contributed by atoms with Crippen molar-refractivity contribution in [3.05, 3.63) is 76.6 Å². The van der Waals surface area contributed by atoms with Crippen LogP contribution in [0.5, 0.6) is 5.75 Å². The lowest BCUT2D eigenvalue weighted by molar-refractivity contribution is -0.274. The number of carbonyl (C=O) groups is 1. The van der Waals surface area contributed by atoms with Gasteiger partial charge in [0.2, 0.25) is 0 Å². The van der Waals surface area contributed by atoms with Gasteiger partial charge in [-0.15, -0.1) is 13.2 Å². The van der Waals surface area contributed by atoms with Crippen molar-refractivity contribution in [2.24, 2.45) is 5.92 Å². The van der Waals surface area contributed by atoms with Gasteiger partial charge in [-0.3, -0.25) is 9.59 Å². The van der Waals surface area contributed by atoms with Crippen LogP contribution in [0.4, 0.5) is 13.2 Å². The van der Waals surface area contributed by atoms with Crippen molar-refractivity contribution in [1.29, 1.82) is 0 Å². The molecule has 1 saturated heterocycles. The van der Waals surface area contributed by atoms with Gasteiger partial charge in [0.15, 0.2) is 5.76 Å². The zero-order chi connectivity index (χ0) is 22.5. The Morgan fingerprint density at radius 1 is 1.03 bits per heavy atom. The smallest absolute Gasteiger partial charge is 0.459 e. The molecule has 6 nitrogen and oxygen atoms in total. The molecule has 0 saturated carbocycles. The standard InChI is InChI=1S/C23H19F3N2O4/c24-23(25,26)32-17-5-3-15(4-6-17)18-7-8-20(29)28-12-14-10-16(21(18)28)13-27(11-14)22(30)19-2-1-9-31-19/h1-9,14,16H,10-13H2. The van der Waals surface area contributed by atoms with E-state index in [1.807, 2.05) is 0 Å². The molecular weight excluding hydrogens is 425 g/mol. The van der Waals surface area contributed by atoms with Gasteiger partial charge in [-0.2, -0.15) is 0 Å². The van der Waals surface area contributed by atoms with Crippen LogP contribution in [-0.2, 0) is 6.54 Å². The number of ether oxygens (including phenoxy) is 1. The van der Waals surface area contributed by atoms with E-state index in [1.54, 1.807) is 39.8 Å². The van der Waals surface area contributed by atoms with Crippen LogP contribution >= 0.6 is 0 Å². The maximum atomic E-state index is 12.8. The fourth-order valence-electron chi connectivity index (χ4n) is 4.82. The number of hydrogen-bond donors (Lipinski definition) is 0. The predicted octanol–water partition coefficient (Wildman–Crippen LogP) is 4.27. The van der Waals surface area contributed by atoms with Crippen molar-refractivity contribution in [2.45, 2.75) is 25.2 Å².